The fourth-order valence-electron chi connectivity index (χ4n) is 2.67. The molecule has 120 valence electrons. The molecule has 7 nitrogen and oxygen atoms in total. The van der Waals surface area contributed by atoms with Crippen LogP contribution < -0.4 is 10.2 Å². The maximum absolute atomic E-state index is 12.6. The van der Waals surface area contributed by atoms with E-state index in [2.05, 4.69) is 10.4 Å². The van der Waals surface area contributed by atoms with E-state index in [0.717, 1.165) is 4.90 Å². The molecule has 1 aliphatic heterocycles. The third-order valence-corrected chi connectivity index (χ3v) is 3.80. The zero-order chi connectivity index (χ0) is 16.6. The van der Waals surface area contributed by atoms with Crippen molar-refractivity contribution < 1.29 is 14.7 Å². The third-order valence-electron chi connectivity index (χ3n) is 3.80. The first kappa shape index (κ1) is 15.1. The zero-order valence-electron chi connectivity index (χ0n) is 12.9. The summed E-state index contributed by atoms with van der Waals surface area (Å²) in [5.74, 6) is 0.211. The lowest BCUT2D eigenvalue weighted by Crippen LogP contribution is -2.34. The van der Waals surface area contributed by atoms with Gasteiger partial charge in [-0.2, -0.15) is 5.10 Å². The van der Waals surface area contributed by atoms with Crippen molar-refractivity contribution in [2.24, 2.45) is 0 Å². The Balaban J connectivity index is 1.86. The number of amides is 3. The quantitative estimate of drug-likeness (QED) is 0.843. The van der Waals surface area contributed by atoms with Crippen LogP contribution in [0.2, 0.25) is 0 Å². The number of phenols is 1. The number of anilines is 1. The van der Waals surface area contributed by atoms with E-state index in [1.807, 2.05) is 13.8 Å². The second kappa shape index (κ2) is 5.75. The lowest BCUT2D eigenvalue weighted by Gasteiger charge is -2.17. The first-order chi connectivity index (χ1) is 11.0. The van der Waals surface area contributed by atoms with Crippen LogP contribution in [0.5, 0.6) is 5.75 Å². The van der Waals surface area contributed by atoms with E-state index in [0.29, 0.717) is 11.4 Å². The smallest absolute Gasteiger partial charge is 0.330 e. The molecule has 7 heteroatoms. The van der Waals surface area contributed by atoms with Gasteiger partial charge in [-0.3, -0.25) is 4.79 Å². The van der Waals surface area contributed by atoms with E-state index in [-0.39, 0.29) is 24.1 Å². The Morgan fingerprint density at radius 1 is 1.26 bits per heavy atom. The van der Waals surface area contributed by atoms with Gasteiger partial charge in [0, 0.05) is 18.5 Å². The van der Waals surface area contributed by atoms with E-state index in [9.17, 15) is 14.7 Å². The summed E-state index contributed by atoms with van der Waals surface area (Å²) in [6.07, 6.45) is 1.80. The van der Waals surface area contributed by atoms with E-state index < -0.39 is 12.1 Å². The van der Waals surface area contributed by atoms with Crippen molar-refractivity contribution in [1.82, 2.24) is 15.1 Å². The number of hydrogen-bond acceptors (Lipinski definition) is 4. The summed E-state index contributed by atoms with van der Waals surface area (Å²) in [7, 11) is 0. The monoisotopic (exact) mass is 314 g/mol. The number of nitrogens with one attached hydrogen (secondary N) is 1. The van der Waals surface area contributed by atoms with Crippen LogP contribution in [0.1, 0.15) is 25.5 Å². The van der Waals surface area contributed by atoms with Gasteiger partial charge in [-0.1, -0.05) is 18.2 Å². The molecule has 1 saturated heterocycles. The molecule has 1 fully saturated rings. The average molecular weight is 314 g/mol. The van der Waals surface area contributed by atoms with Gasteiger partial charge in [-0.15, -0.1) is 0 Å². The van der Waals surface area contributed by atoms with Gasteiger partial charge >= 0.3 is 6.03 Å². The highest BCUT2D eigenvalue weighted by Crippen LogP contribution is 2.25. The molecule has 2 N–H and O–H groups in total. The second-order valence-electron chi connectivity index (χ2n) is 5.74. The largest absolute Gasteiger partial charge is 0.508 e. The maximum atomic E-state index is 12.6. The molecule has 1 unspecified atom stereocenters. The standard InChI is InChI=1S/C16H18N4O3/c1-10(2)20-14(7-8-17-20)19-15(22)12(18-16(19)23)9-11-5-3-4-6-13(11)21/h3-8,10,12,21H,9H2,1-2H3,(H,18,23). The number of hydrogen-bond donors (Lipinski definition) is 2. The Bertz CT molecular complexity index is 753. The number of aromatic hydroxyl groups is 1. The number of rotatable bonds is 4. The molecule has 23 heavy (non-hydrogen) atoms. The molecule has 1 aliphatic rings. The van der Waals surface area contributed by atoms with Gasteiger partial charge in [0.2, 0.25) is 0 Å². The van der Waals surface area contributed by atoms with Crippen molar-refractivity contribution in [2.75, 3.05) is 4.90 Å². The highest BCUT2D eigenvalue weighted by Gasteiger charge is 2.40. The summed E-state index contributed by atoms with van der Waals surface area (Å²) in [4.78, 5) is 26.0. The van der Waals surface area contributed by atoms with Crippen LogP contribution in [-0.2, 0) is 11.2 Å². The number of nitrogens with zero attached hydrogens (tertiary/aromatic N) is 3. The molecule has 3 rings (SSSR count). The Labute approximate surface area is 133 Å². The van der Waals surface area contributed by atoms with Crippen molar-refractivity contribution in [3.05, 3.63) is 42.1 Å². The molecule has 0 saturated carbocycles. The predicted octanol–water partition coefficient (Wildman–Crippen LogP) is 1.84. The van der Waals surface area contributed by atoms with Crippen LogP contribution in [-0.4, -0.2) is 32.9 Å². The minimum Gasteiger partial charge on any atom is -0.508 e. The van der Waals surface area contributed by atoms with Crippen molar-refractivity contribution in [2.45, 2.75) is 32.4 Å². The van der Waals surface area contributed by atoms with Gasteiger partial charge in [-0.25, -0.2) is 14.4 Å². The van der Waals surface area contributed by atoms with Gasteiger partial charge < -0.3 is 10.4 Å². The van der Waals surface area contributed by atoms with E-state index in [1.54, 1.807) is 41.2 Å². The Morgan fingerprint density at radius 3 is 2.70 bits per heavy atom. The normalized spacial score (nSPS) is 17.9. The second-order valence-corrected chi connectivity index (χ2v) is 5.74. The van der Waals surface area contributed by atoms with Crippen LogP contribution >= 0.6 is 0 Å². The van der Waals surface area contributed by atoms with Gasteiger partial charge in [0.1, 0.15) is 17.6 Å². The van der Waals surface area contributed by atoms with Crippen LogP contribution in [0.4, 0.5) is 10.6 Å². The highest BCUT2D eigenvalue weighted by atomic mass is 16.3. The number of para-hydroxylation sites is 1. The Hall–Kier alpha value is -2.83. The Morgan fingerprint density at radius 2 is 2.00 bits per heavy atom. The first-order valence-electron chi connectivity index (χ1n) is 7.44. The molecule has 2 aromatic rings. The minimum absolute atomic E-state index is 0.0258. The molecule has 2 heterocycles. The summed E-state index contributed by atoms with van der Waals surface area (Å²) in [6.45, 7) is 3.85. The minimum atomic E-state index is -0.702. The lowest BCUT2D eigenvalue weighted by molar-refractivity contribution is -0.118. The van der Waals surface area contributed by atoms with Gasteiger partial charge in [0.15, 0.2) is 0 Å². The number of imide groups is 1. The highest BCUT2D eigenvalue weighted by molar-refractivity contribution is 6.21. The van der Waals surface area contributed by atoms with Gasteiger partial charge in [-0.05, 0) is 25.5 Å². The molecular formula is C16H18N4O3. The van der Waals surface area contributed by atoms with Crippen molar-refractivity contribution in [3.8, 4) is 5.75 Å². The van der Waals surface area contributed by atoms with Gasteiger partial charge in [0.05, 0.1) is 6.20 Å². The first-order valence-corrected chi connectivity index (χ1v) is 7.44. The number of benzene rings is 1. The summed E-state index contributed by atoms with van der Waals surface area (Å²) in [6, 6.07) is 7.27. The fraction of sp³-hybridized carbons (Fsp3) is 0.312. The number of carbonyl (C=O) groups is 2. The van der Waals surface area contributed by atoms with Crippen LogP contribution in [0, 0.1) is 0 Å². The van der Waals surface area contributed by atoms with Crippen molar-refractivity contribution in [1.29, 1.82) is 0 Å². The molecule has 1 aromatic carbocycles. The third kappa shape index (κ3) is 2.65. The Kier molecular flexibility index (Phi) is 3.77. The topological polar surface area (TPSA) is 87.5 Å². The van der Waals surface area contributed by atoms with Crippen LogP contribution in [0.15, 0.2) is 36.5 Å². The summed E-state index contributed by atoms with van der Waals surface area (Å²) in [5, 5.41) is 16.7. The average Bonchev–Trinajstić information content (AvgIpc) is 3.07. The lowest BCUT2D eigenvalue weighted by atomic mass is 10.1. The fourth-order valence-corrected chi connectivity index (χ4v) is 2.67. The van der Waals surface area contributed by atoms with Gasteiger partial charge in [0.25, 0.3) is 5.91 Å². The number of carbonyl (C=O) groups excluding carboxylic acids is 2. The van der Waals surface area contributed by atoms with Crippen molar-refractivity contribution >= 4 is 17.8 Å². The molecule has 0 aliphatic carbocycles. The SMILES string of the molecule is CC(C)n1nccc1N1C(=O)NC(Cc2ccccc2O)C1=O. The van der Waals surface area contributed by atoms with E-state index in [1.165, 1.54) is 0 Å². The van der Waals surface area contributed by atoms with E-state index in [4.69, 9.17) is 0 Å². The summed E-state index contributed by atoms with van der Waals surface area (Å²) in [5.41, 5.74) is 0.616. The molecular weight excluding hydrogens is 296 g/mol. The molecule has 0 spiro atoms. The van der Waals surface area contributed by atoms with Crippen LogP contribution in [0.25, 0.3) is 0 Å². The predicted molar refractivity (Wildman–Crippen MR) is 84.2 cm³/mol. The summed E-state index contributed by atoms with van der Waals surface area (Å²) < 4.78 is 1.62. The summed E-state index contributed by atoms with van der Waals surface area (Å²) >= 11 is 0. The molecule has 1 atom stereocenters. The van der Waals surface area contributed by atoms with E-state index >= 15 is 0 Å². The number of urea groups is 1. The molecule has 1 aromatic heterocycles. The van der Waals surface area contributed by atoms with Crippen LogP contribution in [0.3, 0.4) is 0 Å². The zero-order valence-corrected chi connectivity index (χ0v) is 12.9. The number of aromatic nitrogens is 2. The molecule has 0 radical (unpaired) electrons. The maximum Gasteiger partial charge on any atom is 0.330 e. The number of phenolic OH excluding ortho intramolecular Hbond substituents is 1. The van der Waals surface area contributed by atoms with Crippen molar-refractivity contribution in [3.63, 3.8) is 0 Å². The molecule has 3 amide bonds. The molecule has 0 bridgehead atoms.